The van der Waals surface area contributed by atoms with Gasteiger partial charge in [-0.15, -0.1) is 0 Å². The normalized spacial score (nSPS) is 29.8. The summed E-state index contributed by atoms with van der Waals surface area (Å²) in [5, 5.41) is 16.3. The molecular weight excluding hydrogens is 376 g/mol. The first-order valence-corrected chi connectivity index (χ1v) is 10.6. The second-order valence-corrected chi connectivity index (χ2v) is 8.79. The molecule has 0 aromatic heterocycles. The third kappa shape index (κ3) is 5.58. The van der Waals surface area contributed by atoms with Crippen LogP contribution in [0, 0.1) is 11.3 Å². The number of ether oxygens (including phenoxy) is 1. The number of nitrogens with two attached hydrogens (primary N) is 1. The average molecular weight is 412 g/mol. The van der Waals surface area contributed by atoms with Gasteiger partial charge in [-0.1, -0.05) is 0 Å². The van der Waals surface area contributed by atoms with Gasteiger partial charge in [0.05, 0.1) is 13.6 Å². The van der Waals surface area contributed by atoms with Gasteiger partial charge >= 0.3 is 12.1 Å². The van der Waals surface area contributed by atoms with Crippen LogP contribution in [-0.2, 0) is 9.53 Å². The first-order valence-electron chi connectivity index (χ1n) is 10.6. The molecule has 3 fully saturated rings. The number of nitrogens with zero attached hydrogens (tertiary/aromatic N) is 4. The van der Waals surface area contributed by atoms with E-state index in [2.05, 4.69) is 9.80 Å². The zero-order valence-corrected chi connectivity index (χ0v) is 17.4. The quantitative estimate of drug-likeness (QED) is 0.304. The van der Waals surface area contributed by atoms with Gasteiger partial charge in [0.15, 0.2) is 5.96 Å². The summed E-state index contributed by atoms with van der Waals surface area (Å²) in [6.07, 6.45) is 2.45. The van der Waals surface area contributed by atoms with Crippen LogP contribution in [0.5, 0.6) is 0 Å². The van der Waals surface area contributed by atoms with E-state index in [0.717, 1.165) is 65.2 Å². The van der Waals surface area contributed by atoms with Crippen molar-refractivity contribution in [3.8, 4) is 0 Å². The van der Waals surface area contributed by atoms with Crippen LogP contribution in [0.25, 0.3) is 0 Å². The van der Waals surface area contributed by atoms with Gasteiger partial charge in [-0.05, 0) is 25.8 Å². The van der Waals surface area contributed by atoms with Crippen molar-refractivity contribution in [2.75, 3.05) is 66.0 Å². The molecule has 4 N–H and O–H groups in total. The molecule has 0 spiro atoms. The largest absolute Gasteiger partial charge is 0.517 e. The number of carbonyl (C=O) groups is 2. The lowest BCUT2D eigenvalue weighted by Gasteiger charge is -2.37. The van der Waals surface area contributed by atoms with Gasteiger partial charge in [-0.3, -0.25) is 15.1 Å². The van der Waals surface area contributed by atoms with Crippen molar-refractivity contribution in [1.29, 1.82) is 5.41 Å². The van der Waals surface area contributed by atoms with E-state index in [1.54, 1.807) is 0 Å². The Morgan fingerprint density at radius 1 is 1.24 bits per heavy atom. The van der Waals surface area contributed by atoms with Crippen molar-refractivity contribution in [3.63, 3.8) is 0 Å². The Labute approximate surface area is 172 Å². The van der Waals surface area contributed by atoms with E-state index in [1.165, 1.54) is 0 Å². The molecule has 0 aromatic rings. The molecule has 10 nitrogen and oxygen atoms in total. The highest BCUT2D eigenvalue weighted by Gasteiger charge is 2.49. The number of guanidine groups is 1. The van der Waals surface area contributed by atoms with E-state index in [0.29, 0.717) is 23.4 Å². The number of hydrogen-bond acceptors (Lipinski definition) is 6. The molecule has 2 unspecified atom stereocenters. The molecule has 0 aromatic carbocycles. The molecule has 3 heterocycles. The monoisotopic (exact) mass is 411 g/mol. The van der Waals surface area contributed by atoms with Crippen molar-refractivity contribution in [2.24, 2.45) is 11.7 Å². The zero-order valence-electron chi connectivity index (χ0n) is 17.4. The number of piperidine rings is 1. The number of likely N-dealkylation sites (N-methyl/N-ethyl adjacent to an activating group) is 1. The number of cyclic esters (lactones) is 1. The van der Waals surface area contributed by atoms with Crippen LogP contribution in [0.3, 0.4) is 0 Å². The molecule has 3 rings (SSSR count). The molecule has 29 heavy (non-hydrogen) atoms. The van der Waals surface area contributed by atoms with Gasteiger partial charge in [-0.2, -0.15) is 4.79 Å². The van der Waals surface area contributed by atoms with Gasteiger partial charge in [0.2, 0.25) is 6.23 Å². The maximum atomic E-state index is 12.7. The Morgan fingerprint density at radius 2 is 1.90 bits per heavy atom. The van der Waals surface area contributed by atoms with Gasteiger partial charge in [0.1, 0.15) is 6.54 Å². The van der Waals surface area contributed by atoms with Crippen molar-refractivity contribution in [1.82, 2.24) is 14.7 Å². The minimum Gasteiger partial charge on any atom is -0.481 e. The maximum absolute atomic E-state index is 12.7. The highest BCUT2D eigenvalue weighted by Crippen LogP contribution is 2.28. The van der Waals surface area contributed by atoms with E-state index in [1.807, 2.05) is 11.9 Å². The highest BCUT2D eigenvalue weighted by atomic mass is 16.6. The molecule has 0 aliphatic carbocycles. The van der Waals surface area contributed by atoms with Crippen LogP contribution in [0.2, 0.25) is 0 Å². The predicted octanol–water partition coefficient (Wildman–Crippen LogP) is -0.00283. The average Bonchev–Trinajstić information content (AvgIpc) is 2.97. The molecule has 1 amide bonds. The molecule has 10 heteroatoms. The first kappa shape index (κ1) is 21.8. The maximum Gasteiger partial charge on any atom is 0.517 e. The van der Waals surface area contributed by atoms with Crippen LogP contribution < -0.4 is 5.73 Å². The molecule has 2 atom stereocenters. The summed E-state index contributed by atoms with van der Waals surface area (Å²) in [5.41, 5.74) is 5.57. The molecule has 0 saturated carbocycles. The fourth-order valence-electron chi connectivity index (χ4n) is 4.69. The molecule has 0 radical (unpaired) electrons. The zero-order chi connectivity index (χ0) is 21.0. The second kappa shape index (κ2) is 9.27. The van der Waals surface area contributed by atoms with Crippen LogP contribution in [0.1, 0.15) is 25.7 Å². The van der Waals surface area contributed by atoms with Crippen molar-refractivity contribution in [2.45, 2.75) is 31.9 Å². The number of carboxylic acids is 1. The van der Waals surface area contributed by atoms with Crippen LogP contribution in [0.15, 0.2) is 0 Å². The summed E-state index contributed by atoms with van der Waals surface area (Å²) in [4.78, 5) is 29.7. The number of hydrogen-bond donors (Lipinski definition) is 3. The third-order valence-electron chi connectivity index (χ3n) is 6.53. The third-order valence-corrected chi connectivity index (χ3v) is 6.53. The number of rotatable bonds is 7. The van der Waals surface area contributed by atoms with E-state index >= 15 is 0 Å². The number of aliphatic carboxylic acids is 1. The SMILES string of the molecule is C[N+]1(CC2CCN(C(=N)N)CC2)CC(N2CCN(CCCC(=O)O)CC2)OC1=O. The highest BCUT2D eigenvalue weighted by molar-refractivity contribution is 5.74. The standard InChI is InChI=1S/C19H34N6O4/c1-25(13-15-4-7-24(8-5-15)18(20)21)14-16(29-19(25)28)23-11-9-22(10-12-23)6-2-3-17(26)27/h15-16H,2-14H2,1H3,(H3-,20,21,26,27)/p+1. The van der Waals surface area contributed by atoms with Gasteiger partial charge in [-0.25, -0.2) is 4.48 Å². The number of quaternary nitrogens is 1. The summed E-state index contributed by atoms with van der Waals surface area (Å²) in [6.45, 7) is 7.23. The van der Waals surface area contributed by atoms with Crippen molar-refractivity contribution in [3.05, 3.63) is 0 Å². The molecule has 0 bridgehead atoms. The topological polar surface area (TPSA) is 123 Å². The molecule has 164 valence electrons. The Bertz CT molecular complexity index is 616. The number of amides is 1. The van der Waals surface area contributed by atoms with Crippen molar-refractivity contribution >= 4 is 18.0 Å². The number of carboxylic acid groups (broad SMARTS) is 1. The molecule has 3 aliphatic rings. The fourth-order valence-corrected chi connectivity index (χ4v) is 4.69. The van der Waals surface area contributed by atoms with Crippen LogP contribution in [-0.4, -0.2) is 114 Å². The van der Waals surface area contributed by atoms with Crippen molar-refractivity contribution < 1.29 is 23.9 Å². The molecule has 3 aliphatic heterocycles. The van der Waals surface area contributed by atoms with E-state index in [4.69, 9.17) is 21.0 Å². The first-order chi connectivity index (χ1) is 13.8. The Hall–Kier alpha value is -1.91. The summed E-state index contributed by atoms with van der Waals surface area (Å²) in [6, 6.07) is 0. The van der Waals surface area contributed by atoms with E-state index in [-0.39, 0.29) is 24.7 Å². The summed E-state index contributed by atoms with van der Waals surface area (Å²) in [7, 11) is 1.97. The summed E-state index contributed by atoms with van der Waals surface area (Å²) >= 11 is 0. The predicted molar refractivity (Wildman–Crippen MR) is 107 cm³/mol. The number of piperazine rings is 1. The smallest absolute Gasteiger partial charge is 0.481 e. The lowest BCUT2D eigenvalue weighted by atomic mass is 9.95. The molecule has 3 saturated heterocycles. The summed E-state index contributed by atoms with van der Waals surface area (Å²) < 4.78 is 6.08. The van der Waals surface area contributed by atoms with Gasteiger partial charge in [0, 0.05) is 51.6 Å². The Balaban J connectivity index is 1.44. The minimum absolute atomic E-state index is 0.131. The minimum atomic E-state index is -0.745. The number of carbonyl (C=O) groups excluding carboxylic acids is 1. The van der Waals surface area contributed by atoms with E-state index < -0.39 is 5.97 Å². The number of likely N-dealkylation sites (tertiary alicyclic amines) is 1. The van der Waals surface area contributed by atoms with E-state index in [9.17, 15) is 9.59 Å². The van der Waals surface area contributed by atoms with Crippen LogP contribution in [0.4, 0.5) is 4.79 Å². The fraction of sp³-hybridized carbons (Fsp3) is 0.842. The van der Waals surface area contributed by atoms with Gasteiger partial charge < -0.3 is 25.4 Å². The second-order valence-electron chi connectivity index (χ2n) is 8.79. The van der Waals surface area contributed by atoms with Crippen LogP contribution >= 0.6 is 0 Å². The molecular formula is C19H35N6O4+. The number of nitrogens with one attached hydrogen (secondary N) is 1. The Morgan fingerprint density at radius 3 is 2.48 bits per heavy atom. The lowest BCUT2D eigenvalue weighted by molar-refractivity contribution is -0.828. The van der Waals surface area contributed by atoms with Gasteiger partial charge in [0.25, 0.3) is 0 Å². The Kier molecular flexibility index (Phi) is 6.97. The lowest BCUT2D eigenvalue weighted by Crippen LogP contribution is -2.54. The summed E-state index contributed by atoms with van der Waals surface area (Å²) in [5.74, 6) is -0.176.